The lowest BCUT2D eigenvalue weighted by molar-refractivity contribution is 0.0686. The van der Waals surface area contributed by atoms with Crippen LogP contribution in [0.5, 0.6) is 0 Å². The Balaban J connectivity index is 0.000000247. The first kappa shape index (κ1) is 32.4. The Morgan fingerprint density at radius 3 is 1.00 bits per heavy atom. The second-order valence-electron chi connectivity index (χ2n) is 7.06. The number of aromatic nitrogens is 4. The quantitative estimate of drug-likeness (QED) is 0.254. The summed E-state index contributed by atoms with van der Waals surface area (Å²) in [6.45, 7) is 0. The van der Waals surface area contributed by atoms with Gasteiger partial charge >= 0.3 is 11.9 Å². The van der Waals surface area contributed by atoms with E-state index in [1.165, 1.54) is 73.3 Å². The Morgan fingerprint density at radius 2 is 0.775 bits per heavy atom. The van der Waals surface area contributed by atoms with E-state index in [1.54, 1.807) is 0 Å². The minimum Gasteiger partial charge on any atom is -0.478 e. The van der Waals surface area contributed by atoms with E-state index >= 15 is 0 Å². The van der Waals surface area contributed by atoms with Crippen LogP contribution in [0.3, 0.4) is 0 Å². The van der Waals surface area contributed by atoms with Gasteiger partial charge in [-0.15, -0.1) is 0 Å². The maximum Gasteiger partial charge on any atom is 0.335 e. The van der Waals surface area contributed by atoms with Crippen LogP contribution in [-0.2, 0) is 9.23 Å². The van der Waals surface area contributed by atoms with Crippen molar-refractivity contribution in [3.8, 4) is 22.8 Å². The van der Waals surface area contributed by atoms with Crippen LogP contribution in [-0.4, -0.2) is 56.8 Å². The molecule has 0 radical (unpaired) electrons. The highest BCUT2D eigenvalue weighted by Crippen LogP contribution is 2.19. The standard InChI is InChI=1S/C12H6Cl2N2O2.C12H8N2O4.Cl2OS/c13-11(17)7-1-3-15-9(5-7)10-6-8(12(14)18)2-4-16-10;15-11(16)7-1-3-13-9(5-7)10-6-8(12(17)18)2-4-14-10;1-4(2)3/h1-6H;1-6H,(H,15,16)(H,17,18);. The maximum absolute atomic E-state index is 11.0. The van der Waals surface area contributed by atoms with E-state index in [0.29, 0.717) is 33.9 Å². The normalized spacial score (nSPS) is 9.93. The first-order valence-electron chi connectivity index (χ1n) is 10.3. The van der Waals surface area contributed by atoms with E-state index in [9.17, 15) is 19.2 Å². The number of carbonyl (C=O) groups excluding carboxylic acids is 2. The van der Waals surface area contributed by atoms with Gasteiger partial charge in [-0.3, -0.25) is 29.5 Å². The van der Waals surface area contributed by atoms with Crippen molar-refractivity contribution in [3.63, 3.8) is 0 Å². The van der Waals surface area contributed by atoms with E-state index in [4.69, 9.17) is 37.6 Å². The molecule has 0 saturated heterocycles. The summed E-state index contributed by atoms with van der Waals surface area (Å²) in [5.74, 6) is -2.15. The molecule has 0 aliphatic heterocycles. The van der Waals surface area contributed by atoms with Crippen molar-refractivity contribution in [2.45, 2.75) is 0 Å². The number of hydrogen-bond donors (Lipinski definition) is 2. The zero-order valence-corrected chi connectivity index (χ0v) is 23.4. The minimum atomic E-state index is -1.67. The van der Waals surface area contributed by atoms with Crippen LogP contribution >= 0.6 is 44.6 Å². The maximum atomic E-state index is 11.0. The first-order valence-corrected chi connectivity index (χ1v) is 13.9. The van der Waals surface area contributed by atoms with Crippen LogP contribution in [0.2, 0.25) is 0 Å². The molecule has 40 heavy (non-hydrogen) atoms. The Kier molecular flexibility index (Phi) is 12.7. The minimum absolute atomic E-state index is 0.0718. The molecule has 0 atom stereocenters. The molecule has 0 aliphatic carbocycles. The number of pyridine rings is 4. The molecule has 2 N–H and O–H groups in total. The molecule has 4 aromatic rings. The summed E-state index contributed by atoms with van der Waals surface area (Å²) in [6, 6.07) is 11.4. The van der Waals surface area contributed by atoms with E-state index in [-0.39, 0.29) is 11.1 Å². The number of carboxylic acid groups (broad SMARTS) is 2. The largest absolute Gasteiger partial charge is 0.478 e. The SMILES string of the molecule is O=C(Cl)c1ccnc(-c2cc(C(=O)Cl)ccn2)c1.O=C(O)c1ccnc(-c2cc(C(=O)O)ccn2)c1.O=S(Cl)Cl. The average Bonchev–Trinajstić information content (AvgIpc) is 2.93. The summed E-state index contributed by atoms with van der Waals surface area (Å²) < 4.78 is 9.09. The van der Waals surface area contributed by atoms with E-state index < -0.39 is 31.7 Å². The van der Waals surface area contributed by atoms with Crippen molar-refractivity contribution >= 4 is 76.2 Å². The van der Waals surface area contributed by atoms with Crippen LogP contribution in [0.25, 0.3) is 22.8 Å². The Hall–Kier alpha value is -3.81. The van der Waals surface area contributed by atoms with Crippen molar-refractivity contribution in [3.05, 3.63) is 95.6 Å². The molecule has 4 aromatic heterocycles. The van der Waals surface area contributed by atoms with Gasteiger partial charge in [-0.25, -0.2) is 13.8 Å². The predicted molar refractivity (Wildman–Crippen MR) is 149 cm³/mol. The monoisotopic (exact) mass is 642 g/mol. The summed E-state index contributed by atoms with van der Waals surface area (Å²) >= 11 is 10.8. The van der Waals surface area contributed by atoms with Crippen molar-refractivity contribution in [2.24, 2.45) is 0 Å². The van der Waals surface area contributed by atoms with E-state index in [1.807, 2.05) is 0 Å². The highest BCUT2D eigenvalue weighted by atomic mass is 36.0. The van der Waals surface area contributed by atoms with Gasteiger partial charge in [0.1, 0.15) is 0 Å². The van der Waals surface area contributed by atoms with E-state index in [2.05, 4.69) is 41.3 Å². The molecule has 0 bridgehead atoms. The van der Waals surface area contributed by atoms with Gasteiger partial charge in [-0.1, -0.05) is 0 Å². The number of rotatable bonds is 6. The second kappa shape index (κ2) is 15.7. The molecule has 0 fully saturated rings. The fraction of sp³-hybridized carbons (Fsp3) is 0. The topological polar surface area (TPSA) is 177 Å². The number of hydrogen-bond acceptors (Lipinski definition) is 9. The van der Waals surface area contributed by atoms with E-state index in [0.717, 1.165) is 0 Å². The van der Waals surface area contributed by atoms with Gasteiger partial charge in [0.2, 0.25) is 9.23 Å². The van der Waals surface area contributed by atoms with Crippen molar-refractivity contribution in [1.82, 2.24) is 19.9 Å². The van der Waals surface area contributed by atoms with Crippen molar-refractivity contribution in [1.29, 1.82) is 0 Å². The molecule has 4 rings (SSSR count). The Morgan fingerprint density at radius 1 is 0.550 bits per heavy atom. The number of aromatic carboxylic acids is 2. The summed E-state index contributed by atoms with van der Waals surface area (Å²) in [5.41, 5.74) is 2.29. The molecule has 4 heterocycles. The van der Waals surface area contributed by atoms with Crippen molar-refractivity contribution < 1.29 is 33.6 Å². The molecule has 11 nitrogen and oxygen atoms in total. The second-order valence-corrected chi connectivity index (χ2v) is 10.3. The fourth-order valence-corrected chi connectivity index (χ4v) is 3.03. The van der Waals surface area contributed by atoms with Gasteiger partial charge in [-0.2, -0.15) is 0 Å². The number of carboxylic acids is 2. The lowest BCUT2D eigenvalue weighted by Gasteiger charge is -2.02. The first-order chi connectivity index (χ1) is 18.9. The highest BCUT2D eigenvalue weighted by molar-refractivity contribution is 8.26. The lowest BCUT2D eigenvalue weighted by Crippen LogP contribution is -2.00. The van der Waals surface area contributed by atoms with Gasteiger partial charge < -0.3 is 10.2 Å². The third kappa shape index (κ3) is 10.4. The van der Waals surface area contributed by atoms with Crippen LogP contribution < -0.4 is 0 Å². The van der Waals surface area contributed by atoms with Gasteiger partial charge in [0, 0.05) is 57.3 Å². The third-order valence-corrected chi connectivity index (χ3v) is 4.95. The third-order valence-electron chi connectivity index (χ3n) is 4.51. The molecule has 0 unspecified atom stereocenters. The smallest absolute Gasteiger partial charge is 0.335 e. The Bertz CT molecular complexity index is 1360. The zero-order chi connectivity index (χ0) is 29.8. The van der Waals surface area contributed by atoms with Gasteiger partial charge in [-0.05, 0) is 71.7 Å². The molecule has 0 spiro atoms. The summed E-state index contributed by atoms with van der Waals surface area (Å²) in [7, 11) is 7.36. The molecule has 0 aromatic carbocycles. The van der Waals surface area contributed by atoms with Crippen LogP contribution in [0.1, 0.15) is 41.4 Å². The summed E-state index contributed by atoms with van der Waals surface area (Å²) in [5, 5.41) is 16.6. The fourth-order valence-electron chi connectivity index (χ4n) is 2.79. The number of nitrogens with zero attached hydrogens (tertiary/aromatic N) is 4. The van der Waals surface area contributed by atoms with Crippen molar-refractivity contribution in [2.75, 3.05) is 0 Å². The average molecular weight is 644 g/mol. The predicted octanol–water partition coefficient (Wildman–Crippen LogP) is 5.48. The molecular weight excluding hydrogens is 630 g/mol. The van der Waals surface area contributed by atoms with Crippen LogP contribution in [0.15, 0.2) is 73.3 Å². The van der Waals surface area contributed by atoms with Gasteiger partial charge in [0.15, 0.2) is 0 Å². The summed E-state index contributed by atoms with van der Waals surface area (Å²) in [6.07, 6.45) is 5.57. The van der Waals surface area contributed by atoms with Crippen LogP contribution in [0, 0.1) is 0 Å². The zero-order valence-electron chi connectivity index (χ0n) is 19.6. The molecule has 0 amide bonds. The Labute approximate surface area is 247 Å². The molecule has 0 saturated carbocycles. The van der Waals surface area contributed by atoms with Crippen LogP contribution in [0.4, 0.5) is 0 Å². The summed E-state index contributed by atoms with van der Waals surface area (Å²) in [4.78, 5) is 59.8. The van der Waals surface area contributed by atoms with Gasteiger partial charge in [0.25, 0.3) is 10.5 Å². The molecule has 0 aliphatic rings. The number of halogens is 4. The highest BCUT2D eigenvalue weighted by Gasteiger charge is 2.10. The molecule has 16 heteroatoms. The van der Waals surface area contributed by atoms with Gasteiger partial charge in [0.05, 0.1) is 33.9 Å². The lowest BCUT2D eigenvalue weighted by atomic mass is 10.1. The molecule has 206 valence electrons. The number of carbonyl (C=O) groups is 4. The molecular formula is C24H14Cl4N4O7S.